The van der Waals surface area contributed by atoms with E-state index in [1.54, 1.807) is 6.92 Å². The van der Waals surface area contributed by atoms with E-state index >= 15 is 0 Å². The average molecular weight is 708 g/mol. The number of likely N-dealkylation sites (tertiary alicyclic amines) is 1. The van der Waals surface area contributed by atoms with Crippen LogP contribution in [0, 0.1) is 21.7 Å². The maximum atomic E-state index is 13.1. The summed E-state index contributed by atoms with van der Waals surface area (Å²) in [7, 11) is 0. The number of carboxylic acids is 1. The highest BCUT2D eigenvalue weighted by Gasteiger charge is 2.37. The van der Waals surface area contributed by atoms with Crippen LogP contribution < -0.4 is 10.6 Å². The summed E-state index contributed by atoms with van der Waals surface area (Å²) < 4.78 is 16.5. The van der Waals surface area contributed by atoms with E-state index in [4.69, 9.17) is 30.7 Å². The van der Waals surface area contributed by atoms with Gasteiger partial charge in [0.2, 0.25) is 17.7 Å². The average Bonchev–Trinajstić information content (AvgIpc) is 3.23. The molecule has 1 aliphatic heterocycles. The number of carbonyl (C=O) groups is 5. The zero-order valence-corrected chi connectivity index (χ0v) is 31.8. The van der Waals surface area contributed by atoms with Gasteiger partial charge in [0, 0.05) is 36.4 Å². The molecular weight excluding hydrogens is 649 g/mol. The third-order valence-corrected chi connectivity index (χ3v) is 9.08. The third-order valence-electron chi connectivity index (χ3n) is 7.49. The molecule has 3 amide bonds. The van der Waals surface area contributed by atoms with Gasteiger partial charge in [-0.05, 0) is 42.4 Å². The number of carboxylic acid groups (broad SMARTS) is 1. The highest BCUT2D eigenvalue weighted by atomic mass is 32.5. The smallest absolute Gasteiger partial charge is 0.325 e. The first-order chi connectivity index (χ1) is 21.1. The molecular formula is C32H58N3O10PS. The number of ether oxygens (including phenoxy) is 1. The van der Waals surface area contributed by atoms with E-state index in [1.807, 2.05) is 69.2 Å². The van der Waals surface area contributed by atoms with E-state index in [1.165, 1.54) is 4.90 Å². The van der Waals surface area contributed by atoms with Crippen molar-refractivity contribution in [2.24, 2.45) is 21.7 Å². The predicted molar refractivity (Wildman–Crippen MR) is 182 cm³/mol. The van der Waals surface area contributed by atoms with E-state index < -0.39 is 54.2 Å². The minimum atomic E-state index is -4.04. The van der Waals surface area contributed by atoms with E-state index in [0.717, 1.165) is 0 Å². The van der Waals surface area contributed by atoms with Crippen LogP contribution in [0.15, 0.2) is 0 Å². The fourth-order valence-electron chi connectivity index (χ4n) is 6.16. The fourth-order valence-corrected chi connectivity index (χ4v) is 7.54. The number of esters is 1. The Bertz CT molecular complexity index is 1130. The van der Waals surface area contributed by atoms with Gasteiger partial charge in [-0.25, -0.2) is 0 Å². The summed E-state index contributed by atoms with van der Waals surface area (Å²) in [5, 5.41) is 14.5. The summed E-state index contributed by atoms with van der Waals surface area (Å²) in [4.78, 5) is 74.3. The first kappa shape index (κ1) is 42.9. The van der Waals surface area contributed by atoms with Gasteiger partial charge in [0.1, 0.15) is 18.8 Å². The number of hydrogen-bond donors (Lipinski definition) is 4. The van der Waals surface area contributed by atoms with Crippen LogP contribution in [0.4, 0.5) is 0 Å². The summed E-state index contributed by atoms with van der Waals surface area (Å²) in [5.41, 5.74) is -1.63. The Morgan fingerprint density at radius 3 is 1.77 bits per heavy atom. The van der Waals surface area contributed by atoms with Gasteiger partial charge in [0.25, 0.3) is 0 Å². The Kier molecular flexibility index (Phi) is 15.5. The molecule has 13 nitrogen and oxygen atoms in total. The summed E-state index contributed by atoms with van der Waals surface area (Å²) in [5.74, 6) is -2.76. The molecule has 1 unspecified atom stereocenters. The maximum absolute atomic E-state index is 13.1. The Balaban J connectivity index is 2.93. The van der Waals surface area contributed by atoms with E-state index in [9.17, 15) is 28.9 Å². The molecule has 4 N–H and O–H groups in total. The predicted octanol–water partition coefficient (Wildman–Crippen LogP) is 4.16. The van der Waals surface area contributed by atoms with Crippen molar-refractivity contribution in [1.29, 1.82) is 0 Å². The molecule has 0 bridgehead atoms. The van der Waals surface area contributed by atoms with Gasteiger partial charge in [-0.3, -0.25) is 28.5 Å². The highest BCUT2D eigenvalue weighted by molar-refractivity contribution is 8.07. The molecule has 15 heteroatoms. The lowest BCUT2D eigenvalue weighted by Crippen LogP contribution is -2.47. The van der Waals surface area contributed by atoms with Crippen LogP contribution in [0.3, 0.4) is 0 Å². The summed E-state index contributed by atoms with van der Waals surface area (Å²) in [6.07, 6.45) is -0.628. The molecule has 0 aromatic heterocycles. The van der Waals surface area contributed by atoms with Crippen LogP contribution in [0.2, 0.25) is 0 Å². The van der Waals surface area contributed by atoms with Crippen molar-refractivity contribution in [3.8, 4) is 0 Å². The molecule has 272 valence electrons. The van der Waals surface area contributed by atoms with Crippen LogP contribution in [0.5, 0.6) is 0 Å². The van der Waals surface area contributed by atoms with Crippen molar-refractivity contribution < 1.29 is 47.8 Å². The number of nitrogens with one attached hydrogen (secondary N) is 2. The van der Waals surface area contributed by atoms with Crippen molar-refractivity contribution in [2.45, 2.75) is 127 Å². The van der Waals surface area contributed by atoms with Crippen molar-refractivity contribution in [3.63, 3.8) is 0 Å². The maximum Gasteiger partial charge on any atom is 0.325 e. The molecule has 0 saturated carbocycles. The van der Waals surface area contributed by atoms with Crippen molar-refractivity contribution in [2.75, 3.05) is 26.2 Å². The summed E-state index contributed by atoms with van der Waals surface area (Å²) >= 11 is 5.23. The van der Waals surface area contributed by atoms with E-state index in [-0.39, 0.29) is 61.2 Å². The Morgan fingerprint density at radius 1 is 0.872 bits per heavy atom. The monoisotopic (exact) mass is 707 g/mol. The highest BCUT2D eigenvalue weighted by Crippen LogP contribution is 2.45. The second-order valence-corrected chi connectivity index (χ2v) is 19.1. The fraction of sp³-hybridized carbons (Fsp3) is 0.844. The zero-order valence-electron chi connectivity index (χ0n) is 30.1. The van der Waals surface area contributed by atoms with Gasteiger partial charge >= 0.3 is 18.7 Å². The molecule has 0 aromatic rings. The third kappa shape index (κ3) is 16.7. The Hall–Kier alpha value is -2.12. The number of aliphatic carboxylic acids is 1. The Labute approximate surface area is 285 Å². The van der Waals surface area contributed by atoms with Crippen LogP contribution in [0.25, 0.3) is 0 Å². The quantitative estimate of drug-likeness (QED) is 0.126. The Morgan fingerprint density at radius 2 is 1.34 bits per heavy atom. The van der Waals surface area contributed by atoms with Gasteiger partial charge in [-0.2, -0.15) is 0 Å². The number of carbonyl (C=O) groups excluding carboxylic acids is 4. The standard InChI is InChI=1S/C32H58N3O10PS/c1-21-14-22(44-26(39)13-12-25(37)38)17-35(21)24(36)18-43-46(42,47)45-23(15-33-27(40)31(8,9)19-29(2,3)4)16-34-28(41)32(10,11)20-30(5,6)7/h21-23H,12-20H2,1-11H3,(H,33,40)(H,34,41)(H,37,38)(H,42,47)/t21-,22-,46?/m1/s1. The molecule has 1 fully saturated rings. The van der Waals surface area contributed by atoms with Gasteiger partial charge in [-0.1, -0.05) is 69.2 Å². The first-order valence-electron chi connectivity index (χ1n) is 16.1. The zero-order chi connectivity index (χ0) is 36.6. The summed E-state index contributed by atoms with van der Waals surface area (Å²) in [6.45, 7) is 16.6. The molecule has 1 saturated heterocycles. The van der Waals surface area contributed by atoms with Gasteiger partial charge in [-0.15, -0.1) is 0 Å². The molecule has 0 radical (unpaired) electrons. The van der Waals surface area contributed by atoms with Crippen LogP contribution in [-0.4, -0.2) is 89.1 Å². The number of rotatable bonds is 17. The molecule has 1 aliphatic rings. The van der Waals surface area contributed by atoms with Crippen molar-refractivity contribution in [1.82, 2.24) is 15.5 Å². The van der Waals surface area contributed by atoms with Crippen molar-refractivity contribution in [3.05, 3.63) is 0 Å². The molecule has 1 heterocycles. The number of nitrogens with zero attached hydrogens (tertiary/aromatic N) is 1. The second kappa shape index (κ2) is 17.0. The lowest BCUT2D eigenvalue weighted by atomic mass is 9.75. The minimum Gasteiger partial charge on any atom is -0.481 e. The van der Waals surface area contributed by atoms with Gasteiger partial charge < -0.3 is 34.8 Å². The molecule has 47 heavy (non-hydrogen) atoms. The number of amides is 3. The topological polar surface area (TPSA) is 181 Å². The molecule has 1 rings (SSSR count). The normalized spacial score (nSPS) is 18.9. The van der Waals surface area contributed by atoms with Gasteiger partial charge in [0.05, 0.1) is 19.4 Å². The second-order valence-electron chi connectivity index (χ2n) is 16.3. The largest absolute Gasteiger partial charge is 0.481 e. The van der Waals surface area contributed by atoms with E-state index in [2.05, 4.69) is 10.6 Å². The van der Waals surface area contributed by atoms with Crippen LogP contribution >= 0.6 is 6.72 Å². The van der Waals surface area contributed by atoms with Crippen LogP contribution in [-0.2, 0) is 49.6 Å². The molecule has 3 atom stereocenters. The SMILES string of the molecule is C[C@@H]1C[C@@H](OC(=O)CCC(=O)O)CN1C(=O)COP(O)(=S)OC(CNC(=O)C(C)(C)CC(C)(C)C)CNC(=O)C(C)(C)CC(C)(C)C. The number of hydrogen-bond acceptors (Lipinski definition) is 9. The lowest BCUT2D eigenvalue weighted by molar-refractivity contribution is -0.152. The van der Waals surface area contributed by atoms with Gasteiger partial charge in [0.15, 0.2) is 0 Å². The van der Waals surface area contributed by atoms with E-state index in [0.29, 0.717) is 19.3 Å². The molecule has 0 aromatic carbocycles. The van der Waals surface area contributed by atoms with Crippen molar-refractivity contribution >= 4 is 48.2 Å². The minimum absolute atomic E-state index is 0.0761. The molecule has 0 aliphatic carbocycles. The van der Waals surface area contributed by atoms with Crippen LogP contribution in [0.1, 0.15) is 108 Å². The summed E-state index contributed by atoms with van der Waals surface area (Å²) in [6, 6.07) is -0.313. The lowest BCUT2D eigenvalue weighted by Gasteiger charge is -2.33. The first-order valence-corrected chi connectivity index (χ1v) is 18.6. The molecule has 0 spiro atoms.